The van der Waals surface area contributed by atoms with Gasteiger partial charge in [0.2, 0.25) is 5.91 Å². The molecule has 0 spiro atoms. The van der Waals surface area contributed by atoms with Gasteiger partial charge in [-0.1, -0.05) is 58.0 Å². The minimum absolute atomic E-state index is 0.00941. The van der Waals surface area contributed by atoms with Crippen LogP contribution in [-0.2, 0) is 11.2 Å². The second-order valence-electron chi connectivity index (χ2n) is 6.69. The fraction of sp³-hybridized carbons (Fsp3) is 0.381. The number of benzene rings is 2. The molecule has 0 saturated carbocycles. The number of anilines is 1. The summed E-state index contributed by atoms with van der Waals surface area (Å²) in [6.07, 6.45) is 0.355. The lowest BCUT2D eigenvalue weighted by molar-refractivity contribution is -0.115. The Morgan fingerprint density at radius 1 is 0.958 bits per heavy atom. The zero-order valence-corrected chi connectivity index (χ0v) is 15.2. The van der Waals surface area contributed by atoms with E-state index in [9.17, 15) is 4.79 Å². The fourth-order valence-corrected chi connectivity index (χ4v) is 2.81. The van der Waals surface area contributed by atoms with Crippen molar-refractivity contribution >= 4 is 11.6 Å². The number of methoxy groups -OCH3 is 1. The van der Waals surface area contributed by atoms with E-state index in [-0.39, 0.29) is 5.91 Å². The highest BCUT2D eigenvalue weighted by atomic mass is 16.5. The molecule has 0 fully saturated rings. The number of nitrogens with one attached hydrogen (secondary N) is 1. The molecule has 1 amide bonds. The van der Waals surface area contributed by atoms with Gasteiger partial charge in [-0.05, 0) is 40.7 Å². The first-order valence-corrected chi connectivity index (χ1v) is 8.48. The van der Waals surface area contributed by atoms with Crippen molar-refractivity contribution in [2.24, 2.45) is 0 Å². The number of hydrogen-bond acceptors (Lipinski definition) is 2. The van der Waals surface area contributed by atoms with Crippen molar-refractivity contribution in [2.75, 3.05) is 12.4 Å². The van der Waals surface area contributed by atoms with Crippen molar-refractivity contribution < 1.29 is 9.53 Å². The van der Waals surface area contributed by atoms with E-state index < -0.39 is 0 Å². The van der Waals surface area contributed by atoms with E-state index in [0.29, 0.717) is 18.3 Å². The van der Waals surface area contributed by atoms with Gasteiger partial charge in [0.25, 0.3) is 0 Å². The van der Waals surface area contributed by atoms with E-state index in [4.69, 9.17) is 4.74 Å². The molecule has 0 aliphatic carbocycles. The van der Waals surface area contributed by atoms with Gasteiger partial charge in [-0.25, -0.2) is 0 Å². The number of para-hydroxylation sites is 1. The second-order valence-corrected chi connectivity index (χ2v) is 6.69. The third-order valence-electron chi connectivity index (χ3n) is 4.16. The molecular weight excluding hydrogens is 298 g/mol. The van der Waals surface area contributed by atoms with Crippen LogP contribution in [0.3, 0.4) is 0 Å². The number of carbonyl (C=O) groups excluding carboxylic acids is 1. The van der Waals surface area contributed by atoms with Gasteiger partial charge in [-0.3, -0.25) is 4.79 Å². The molecule has 1 N–H and O–H groups in total. The summed E-state index contributed by atoms with van der Waals surface area (Å²) in [5.74, 6) is 1.53. The van der Waals surface area contributed by atoms with Crippen molar-refractivity contribution in [3.05, 3.63) is 59.2 Å². The van der Waals surface area contributed by atoms with Crippen LogP contribution in [0.4, 0.5) is 5.69 Å². The Labute approximate surface area is 145 Å². The van der Waals surface area contributed by atoms with Crippen LogP contribution in [0.1, 0.15) is 56.2 Å². The summed E-state index contributed by atoms with van der Waals surface area (Å²) in [6, 6.07) is 13.9. The first-order chi connectivity index (χ1) is 11.4. The number of rotatable bonds is 6. The lowest BCUT2D eigenvalue weighted by atomic mass is 9.92. The molecule has 0 aliphatic heterocycles. The van der Waals surface area contributed by atoms with Crippen LogP contribution in [0.25, 0.3) is 0 Å². The molecule has 0 unspecified atom stereocenters. The maximum absolute atomic E-state index is 12.5. The predicted molar refractivity (Wildman–Crippen MR) is 99.9 cm³/mol. The van der Waals surface area contributed by atoms with Crippen molar-refractivity contribution in [1.29, 1.82) is 0 Å². The Kier molecular flexibility index (Phi) is 6.02. The average Bonchev–Trinajstić information content (AvgIpc) is 2.55. The smallest absolute Gasteiger partial charge is 0.228 e. The highest BCUT2D eigenvalue weighted by molar-refractivity contribution is 5.94. The van der Waals surface area contributed by atoms with Crippen molar-refractivity contribution in [3.63, 3.8) is 0 Å². The van der Waals surface area contributed by atoms with E-state index in [1.807, 2.05) is 24.3 Å². The van der Waals surface area contributed by atoms with Gasteiger partial charge >= 0.3 is 0 Å². The van der Waals surface area contributed by atoms with Crippen LogP contribution in [-0.4, -0.2) is 13.0 Å². The summed E-state index contributed by atoms with van der Waals surface area (Å²) in [5, 5.41) is 3.15. The molecule has 0 aromatic heterocycles. The lowest BCUT2D eigenvalue weighted by Gasteiger charge is -2.20. The first-order valence-electron chi connectivity index (χ1n) is 8.48. The van der Waals surface area contributed by atoms with Gasteiger partial charge in [0, 0.05) is 5.69 Å². The quantitative estimate of drug-likeness (QED) is 0.800. The van der Waals surface area contributed by atoms with Crippen LogP contribution in [0, 0.1) is 0 Å². The molecule has 0 heterocycles. The summed E-state index contributed by atoms with van der Waals surface area (Å²) in [7, 11) is 1.64. The Balaban J connectivity index is 2.21. The van der Waals surface area contributed by atoms with Crippen LogP contribution in [0.2, 0.25) is 0 Å². The zero-order valence-electron chi connectivity index (χ0n) is 15.2. The molecule has 24 heavy (non-hydrogen) atoms. The van der Waals surface area contributed by atoms with Crippen LogP contribution in [0.5, 0.6) is 5.75 Å². The lowest BCUT2D eigenvalue weighted by Crippen LogP contribution is -2.17. The van der Waals surface area contributed by atoms with Crippen molar-refractivity contribution in [3.8, 4) is 5.75 Å². The minimum Gasteiger partial charge on any atom is -0.497 e. The first kappa shape index (κ1) is 18.1. The summed E-state index contributed by atoms with van der Waals surface area (Å²) in [6.45, 7) is 8.61. The molecule has 2 aromatic rings. The molecule has 2 aromatic carbocycles. The summed E-state index contributed by atoms with van der Waals surface area (Å²) in [5.41, 5.74) is 4.32. The highest BCUT2D eigenvalue weighted by Crippen LogP contribution is 2.32. The van der Waals surface area contributed by atoms with Gasteiger partial charge in [0.15, 0.2) is 0 Å². The molecule has 0 radical (unpaired) electrons. The third-order valence-corrected chi connectivity index (χ3v) is 4.16. The maximum Gasteiger partial charge on any atom is 0.228 e. The van der Waals surface area contributed by atoms with Gasteiger partial charge in [0.1, 0.15) is 5.75 Å². The molecular formula is C21H27NO2. The van der Waals surface area contributed by atoms with E-state index in [1.165, 1.54) is 11.1 Å². The molecule has 3 heteroatoms. The number of carbonyl (C=O) groups is 1. The summed E-state index contributed by atoms with van der Waals surface area (Å²) >= 11 is 0. The average molecular weight is 325 g/mol. The van der Waals surface area contributed by atoms with Gasteiger partial charge in [0.05, 0.1) is 13.5 Å². The minimum atomic E-state index is 0.00941. The number of amides is 1. The van der Waals surface area contributed by atoms with E-state index in [0.717, 1.165) is 17.0 Å². The fourth-order valence-electron chi connectivity index (χ4n) is 2.81. The topological polar surface area (TPSA) is 38.3 Å². The zero-order chi connectivity index (χ0) is 17.7. The van der Waals surface area contributed by atoms with Crippen LogP contribution >= 0.6 is 0 Å². The van der Waals surface area contributed by atoms with Gasteiger partial charge < -0.3 is 10.1 Å². The maximum atomic E-state index is 12.5. The monoisotopic (exact) mass is 325 g/mol. The van der Waals surface area contributed by atoms with E-state index >= 15 is 0 Å². The second kappa shape index (κ2) is 8.00. The normalized spacial score (nSPS) is 11.0. The van der Waals surface area contributed by atoms with Gasteiger partial charge in [-0.15, -0.1) is 0 Å². The molecule has 0 aliphatic rings. The van der Waals surface area contributed by atoms with Crippen molar-refractivity contribution in [1.82, 2.24) is 0 Å². The molecule has 2 rings (SSSR count). The summed E-state index contributed by atoms with van der Waals surface area (Å²) in [4.78, 5) is 12.5. The van der Waals surface area contributed by atoms with Gasteiger partial charge in [-0.2, -0.15) is 0 Å². The Morgan fingerprint density at radius 2 is 1.50 bits per heavy atom. The highest BCUT2D eigenvalue weighted by Gasteiger charge is 2.16. The third kappa shape index (κ3) is 4.38. The summed E-state index contributed by atoms with van der Waals surface area (Å²) < 4.78 is 5.15. The SMILES string of the molecule is COc1ccc(CC(=O)Nc2c(C(C)C)cccc2C(C)C)cc1. The Morgan fingerprint density at radius 3 is 1.96 bits per heavy atom. The number of ether oxygens (including phenoxy) is 1. The van der Waals surface area contributed by atoms with Crippen molar-refractivity contribution in [2.45, 2.75) is 46.0 Å². The Hall–Kier alpha value is -2.29. The van der Waals surface area contributed by atoms with Crippen LogP contribution < -0.4 is 10.1 Å². The molecule has 0 atom stereocenters. The predicted octanol–water partition coefficient (Wildman–Crippen LogP) is 5.12. The standard InChI is InChI=1S/C21H27NO2/c1-14(2)18-7-6-8-19(15(3)4)21(18)22-20(23)13-16-9-11-17(24-5)12-10-16/h6-12,14-15H,13H2,1-5H3,(H,22,23). The molecule has 0 saturated heterocycles. The van der Waals surface area contributed by atoms with E-state index in [2.05, 4.69) is 51.2 Å². The Bertz CT molecular complexity index is 661. The largest absolute Gasteiger partial charge is 0.497 e. The van der Waals surface area contributed by atoms with Crippen LogP contribution in [0.15, 0.2) is 42.5 Å². The molecule has 3 nitrogen and oxygen atoms in total. The number of hydrogen-bond donors (Lipinski definition) is 1. The molecule has 128 valence electrons. The van der Waals surface area contributed by atoms with E-state index in [1.54, 1.807) is 7.11 Å². The molecule has 0 bridgehead atoms.